The first-order valence-corrected chi connectivity index (χ1v) is 8.86. The van der Waals surface area contributed by atoms with Gasteiger partial charge in [0.15, 0.2) is 0 Å². The molecule has 3 rings (SSSR count). The lowest BCUT2D eigenvalue weighted by Crippen LogP contribution is -2.50. The molecule has 2 heterocycles. The number of aryl methyl sites for hydroxylation is 1. The van der Waals surface area contributed by atoms with E-state index >= 15 is 0 Å². The number of carbonyl (C=O) groups excluding carboxylic acids is 1. The average Bonchev–Trinajstić information content (AvgIpc) is 3.04. The van der Waals surface area contributed by atoms with Gasteiger partial charge in [-0.25, -0.2) is 14.2 Å². The van der Waals surface area contributed by atoms with E-state index in [1.807, 2.05) is 6.92 Å². The lowest BCUT2D eigenvalue weighted by molar-refractivity contribution is -0.143. The van der Waals surface area contributed by atoms with Crippen LogP contribution in [0.2, 0.25) is 0 Å². The number of aliphatic carboxylic acids is 1. The summed E-state index contributed by atoms with van der Waals surface area (Å²) in [5.74, 6) is -1.23. The van der Waals surface area contributed by atoms with Crippen LogP contribution < -0.4 is 5.32 Å². The summed E-state index contributed by atoms with van der Waals surface area (Å²) in [6.45, 7) is 2.56. The molecule has 1 aliphatic heterocycles. The van der Waals surface area contributed by atoms with Crippen molar-refractivity contribution in [2.45, 2.75) is 19.4 Å². The van der Waals surface area contributed by atoms with Crippen LogP contribution in [0.25, 0.3) is 0 Å². The van der Waals surface area contributed by atoms with Gasteiger partial charge in [-0.15, -0.1) is 0 Å². The van der Waals surface area contributed by atoms with Crippen LogP contribution in [-0.4, -0.2) is 44.6 Å². The molecule has 0 saturated carbocycles. The number of imidazole rings is 1. The molecule has 2 aromatic rings. The van der Waals surface area contributed by atoms with E-state index in [0.29, 0.717) is 24.4 Å². The summed E-state index contributed by atoms with van der Waals surface area (Å²) in [5.41, 5.74) is 0.567. The van der Waals surface area contributed by atoms with E-state index in [9.17, 15) is 19.1 Å². The van der Waals surface area contributed by atoms with Gasteiger partial charge in [0.1, 0.15) is 17.7 Å². The van der Waals surface area contributed by atoms with Crippen molar-refractivity contribution in [3.63, 3.8) is 0 Å². The molecule has 0 bridgehead atoms. The summed E-state index contributed by atoms with van der Waals surface area (Å²) < 4.78 is 15.5. The predicted octanol–water partition coefficient (Wildman–Crippen LogP) is 2.40. The van der Waals surface area contributed by atoms with Crippen molar-refractivity contribution < 1.29 is 19.1 Å². The van der Waals surface area contributed by atoms with E-state index in [-0.39, 0.29) is 18.5 Å². The monoisotopic (exact) mass is 374 g/mol. The third-order valence-corrected chi connectivity index (χ3v) is 4.86. The van der Waals surface area contributed by atoms with Crippen molar-refractivity contribution in [2.24, 2.45) is 18.9 Å². The van der Waals surface area contributed by atoms with E-state index in [4.69, 9.17) is 0 Å². The number of carboxylic acid groups (broad SMARTS) is 1. The van der Waals surface area contributed by atoms with Gasteiger partial charge < -0.3 is 19.9 Å². The Kier molecular flexibility index (Phi) is 5.43. The number of nitrogens with one attached hydrogen (secondary N) is 1. The quantitative estimate of drug-likeness (QED) is 0.860. The van der Waals surface area contributed by atoms with Gasteiger partial charge in [-0.05, 0) is 30.0 Å². The zero-order chi connectivity index (χ0) is 19.6. The Morgan fingerprint density at radius 1 is 1.37 bits per heavy atom. The number of benzene rings is 1. The van der Waals surface area contributed by atoms with Gasteiger partial charge in [0.25, 0.3) is 0 Å². The number of amides is 2. The van der Waals surface area contributed by atoms with Crippen LogP contribution in [0.3, 0.4) is 0 Å². The molecule has 3 atom stereocenters. The highest BCUT2D eigenvalue weighted by atomic mass is 19.1. The third-order valence-electron chi connectivity index (χ3n) is 4.86. The van der Waals surface area contributed by atoms with Crippen LogP contribution in [-0.2, 0) is 11.8 Å². The summed E-state index contributed by atoms with van der Waals surface area (Å²) in [6.07, 6.45) is 3.90. The maximum Gasteiger partial charge on any atom is 0.318 e. The maximum absolute atomic E-state index is 13.7. The van der Waals surface area contributed by atoms with Crippen molar-refractivity contribution in [1.29, 1.82) is 0 Å². The number of hydrogen-bond donors (Lipinski definition) is 2. The van der Waals surface area contributed by atoms with Gasteiger partial charge >= 0.3 is 12.0 Å². The van der Waals surface area contributed by atoms with E-state index in [1.54, 1.807) is 36.1 Å². The summed E-state index contributed by atoms with van der Waals surface area (Å²) >= 11 is 0. The molecule has 2 N–H and O–H groups in total. The van der Waals surface area contributed by atoms with Crippen molar-refractivity contribution in [3.05, 3.63) is 53.9 Å². The Balaban J connectivity index is 1.85. The van der Waals surface area contributed by atoms with Gasteiger partial charge in [0.05, 0.1) is 5.92 Å². The van der Waals surface area contributed by atoms with Crippen LogP contribution in [0.4, 0.5) is 9.18 Å². The van der Waals surface area contributed by atoms with Crippen LogP contribution >= 0.6 is 0 Å². The number of piperidine rings is 1. The van der Waals surface area contributed by atoms with Crippen LogP contribution in [0.15, 0.2) is 36.7 Å². The number of nitrogens with zero attached hydrogens (tertiary/aromatic N) is 3. The Labute approximate surface area is 156 Å². The van der Waals surface area contributed by atoms with Crippen molar-refractivity contribution in [2.75, 3.05) is 13.1 Å². The summed E-state index contributed by atoms with van der Waals surface area (Å²) in [7, 11) is 1.80. The second kappa shape index (κ2) is 7.77. The summed E-state index contributed by atoms with van der Waals surface area (Å²) in [6, 6.07) is 4.97. The standard InChI is InChI=1S/C19H23FN4O3/c1-12-8-14(18(25)26)11-24(10-12)19(27)22-16(17-21-6-7-23(17)2)13-4-3-5-15(20)9-13/h3-7,9,12,14,16H,8,10-11H2,1-2H3,(H,22,27)(H,25,26). The van der Waals surface area contributed by atoms with Gasteiger partial charge in [0, 0.05) is 32.5 Å². The minimum atomic E-state index is -0.898. The number of carboxylic acids is 1. The third kappa shape index (κ3) is 4.27. The molecule has 27 heavy (non-hydrogen) atoms. The molecular weight excluding hydrogens is 351 g/mol. The topological polar surface area (TPSA) is 87.5 Å². The maximum atomic E-state index is 13.7. The average molecular weight is 374 g/mol. The molecule has 1 aromatic carbocycles. The second-order valence-electron chi connectivity index (χ2n) is 7.11. The van der Waals surface area contributed by atoms with Gasteiger partial charge in [-0.1, -0.05) is 19.1 Å². The first-order chi connectivity index (χ1) is 12.8. The van der Waals surface area contributed by atoms with Crippen molar-refractivity contribution in [3.8, 4) is 0 Å². The largest absolute Gasteiger partial charge is 0.481 e. The molecule has 7 nitrogen and oxygen atoms in total. The van der Waals surface area contributed by atoms with Crippen molar-refractivity contribution in [1.82, 2.24) is 19.8 Å². The lowest BCUT2D eigenvalue weighted by Gasteiger charge is -2.35. The number of carbonyl (C=O) groups is 2. The fourth-order valence-corrected chi connectivity index (χ4v) is 3.55. The van der Waals surface area contributed by atoms with E-state index < -0.39 is 23.7 Å². The molecule has 2 amide bonds. The molecule has 0 aliphatic carbocycles. The van der Waals surface area contributed by atoms with E-state index in [0.717, 1.165) is 0 Å². The first kappa shape index (κ1) is 18.9. The number of likely N-dealkylation sites (tertiary alicyclic amines) is 1. The zero-order valence-corrected chi connectivity index (χ0v) is 15.3. The fraction of sp³-hybridized carbons (Fsp3) is 0.421. The Morgan fingerprint density at radius 2 is 2.15 bits per heavy atom. The lowest BCUT2D eigenvalue weighted by atomic mass is 9.91. The number of urea groups is 1. The van der Waals surface area contributed by atoms with Crippen LogP contribution in [0.1, 0.15) is 30.8 Å². The molecule has 1 aliphatic rings. The zero-order valence-electron chi connectivity index (χ0n) is 15.3. The number of rotatable bonds is 4. The van der Waals surface area contributed by atoms with Gasteiger partial charge in [0.2, 0.25) is 0 Å². The Hall–Kier alpha value is -2.90. The molecule has 0 spiro atoms. The fourth-order valence-electron chi connectivity index (χ4n) is 3.55. The first-order valence-electron chi connectivity index (χ1n) is 8.86. The molecule has 1 saturated heterocycles. The highest BCUT2D eigenvalue weighted by Gasteiger charge is 2.33. The van der Waals surface area contributed by atoms with E-state index in [2.05, 4.69) is 10.3 Å². The predicted molar refractivity (Wildman–Crippen MR) is 96.5 cm³/mol. The van der Waals surface area contributed by atoms with E-state index in [1.165, 1.54) is 17.0 Å². The number of hydrogen-bond acceptors (Lipinski definition) is 3. The smallest absolute Gasteiger partial charge is 0.318 e. The Bertz CT molecular complexity index is 838. The van der Waals surface area contributed by atoms with Gasteiger partial charge in [-0.2, -0.15) is 0 Å². The SMILES string of the molecule is CC1CC(C(=O)O)CN(C(=O)NC(c2cccc(F)c2)c2nccn2C)C1. The number of halogens is 1. The molecule has 3 unspecified atom stereocenters. The normalized spacial score (nSPS) is 20.9. The van der Waals surface area contributed by atoms with Crippen LogP contribution in [0.5, 0.6) is 0 Å². The second-order valence-corrected chi connectivity index (χ2v) is 7.11. The van der Waals surface area contributed by atoms with Gasteiger partial charge in [-0.3, -0.25) is 4.79 Å². The van der Waals surface area contributed by atoms with Crippen LogP contribution in [0, 0.1) is 17.7 Å². The highest BCUT2D eigenvalue weighted by molar-refractivity contribution is 5.77. The number of aromatic nitrogens is 2. The minimum Gasteiger partial charge on any atom is -0.481 e. The van der Waals surface area contributed by atoms with Crippen molar-refractivity contribution >= 4 is 12.0 Å². The molecule has 1 fully saturated rings. The molecular formula is C19H23FN4O3. The highest BCUT2D eigenvalue weighted by Crippen LogP contribution is 2.25. The summed E-state index contributed by atoms with van der Waals surface area (Å²) in [4.78, 5) is 30.1. The summed E-state index contributed by atoms with van der Waals surface area (Å²) in [5, 5.41) is 12.2. The molecule has 144 valence electrons. The molecule has 1 aromatic heterocycles. The Morgan fingerprint density at radius 3 is 2.78 bits per heavy atom. The minimum absolute atomic E-state index is 0.0892. The molecule has 0 radical (unpaired) electrons. The molecule has 8 heteroatoms.